The summed E-state index contributed by atoms with van der Waals surface area (Å²) in [6, 6.07) is 7.48. The van der Waals surface area contributed by atoms with E-state index in [-0.39, 0.29) is 5.41 Å². The fraction of sp³-hybridized carbons (Fsp3) is 0.263. The molecule has 0 fully saturated rings. The molecular formula is C19H20IN3O2. The smallest absolute Gasteiger partial charge is 0.160 e. The van der Waals surface area contributed by atoms with Crippen molar-refractivity contribution >= 4 is 47.2 Å². The molecule has 1 aromatic heterocycles. The minimum atomic E-state index is -0.0301. The number of carbonyl (C=O) groups excluding carboxylic acids is 2. The second-order valence-corrected chi connectivity index (χ2v) is 7.79. The summed E-state index contributed by atoms with van der Waals surface area (Å²) < 4.78 is 0.808. The van der Waals surface area contributed by atoms with E-state index in [0.29, 0.717) is 16.9 Å². The number of carbonyl (C=O) groups is 2. The van der Waals surface area contributed by atoms with Crippen LogP contribution in [0.4, 0.5) is 5.82 Å². The number of rotatable bonds is 5. The minimum Gasteiger partial charge on any atom is -0.298 e. The first kappa shape index (κ1) is 19.2. The van der Waals surface area contributed by atoms with Crippen LogP contribution in [0, 0.1) is 3.57 Å². The Labute approximate surface area is 161 Å². The highest BCUT2D eigenvalue weighted by Gasteiger charge is 2.15. The van der Waals surface area contributed by atoms with Crippen molar-refractivity contribution in [3.63, 3.8) is 0 Å². The fourth-order valence-corrected chi connectivity index (χ4v) is 2.80. The van der Waals surface area contributed by atoms with Gasteiger partial charge in [0, 0.05) is 27.9 Å². The maximum atomic E-state index is 11.3. The lowest BCUT2D eigenvalue weighted by atomic mass is 9.85. The van der Waals surface area contributed by atoms with Crippen LogP contribution in [0.15, 0.2) is 35.6 Å². The van der Waals surface area contributed by atoms with E-state index in [9.17, 15) is 9.59 Å². The van der Waals surface area contributed by atoms with Crippen LogP contribution in [0.5, 0.6) is 0 Å². The second-order valence-electron chi connectivity index (χ2n) is 6.63. The Morgan fingerprint density at radius 2 is 1.84 bits per heavy atom. The van der Waals surface area contributed by atoms with E-state index in [1.165, 1.54) is 5.01 Å². The topological polar surface area (TPSA) is 62.6 Å². The van der Waals surface area contributed by atoms with Gasteiger partial charge in [0.1, 0.15) is 0 Å². The van der Waals surface area contributed by atoms with Gasteiger partial charge in [0.05, 0.1) is 11.8 Å². The lowest BCUT2D eigenvalue weighted by molar-refractivity contribution is 0.111. The van der Waals surface area contributed by atoms with E-state index < -0.39 is 0 Å². The van der Waals surface area contributed by atoms with Crippen LogP contribution in [-0.4, -0.2) is 30.8 Å². The third kappa shape index (κ3) is 4.50. The normalized spacial score (nSPS) is 11.6. The number of pyridine rings is 1. The molecule has 130 valence electrons. The lowest BCUT2D eigenvalue weighted by Gasteiger charge is -2.20. The Balaban J connectivity index is 2.40. The fourth-order valence-electron chi connectivity index (χ4n) is 2.27. The molecule has 2 rings (SSSR count). The molecule has 1 aromatic carbocycles. The van der Waals surface area contributed by atoms with Gasteiger partial charge in [-0.1, -0.05) is 32.9 Å². The van der Waals surface area contributed by atoms with Crippen molar-refractivity contribution in [2.45, 2.75) is 26.2 Å². The number of benzene rings is 1. The molecule has 0 saturated carbocycles. The van der Waals surface area contributed by atoms with Crippen molar-refractivity contribution in [2.75, 3.05) is 12.1 Å². The molecule has 6 heteroatoms. The first-order valence-electron chi connectivity index (χ1n) is 7.75. The van der Waals surface area contributed by atoms with Gasteiger partial charge in [0.15, 0.2) is 18.4 Å². The first-order chi connectivity index (χ1) is 11.8. The molecule has 0 bridgehead atoms. The molecule has 0 aliphatic carbocycles. The molecule has 0 atom stereocenters. The third-order valence-electron chi connectivity index (χ3n) is 3.79. The molecule has 0 radical (unpaired) electrons. The van der Waals surface area contributed by atoms with Gasteiger partial charge in [-0.05, 0) is 45.7 Å². The van der Waals surface area contributed by atoms with Crippen LogP contribution in [-0.2, 0) is 5.41 Å². The maximum absolute atomic E-state index is 11.3. The molecule has 0 aliphatic rings. The number of nitrogens with zero attached hydrogens (tertiary/aromatic N) is 3. The predicted molar refractivity (Wildman–Crippen MR) is 109 cm³/mol. The number of halogens is 1. The van der Waals surface area contributed by atoms with E-state index in [1.807, 2.05) is 12.1 Å². The highest BCUT2D eigenvalue weighted by Crippen LogP contribution is 2.24. The second kappa shape index (κ2) is 7.86. The van der Waals surface area contributed by atoms with Crippen LogP contribution in [0.1, 0.15) is 52.6 Å². The van der Waals surface area contributed by atoms with Gasteiger partial charge in [-0.2, -0.15) is 5.10 Å². The average Bonchev–Trinajstić information content (AvgIpc) is 2.58. The molecule has 1 heterocycles. The molecule has 0 saturated heterocycles. The summed E-state index contributed by atoms with van der Waals surface area (Å²) in [5.74, 6) is 0.470. The standard InChI is InChI=1S/C19H20IN3O2/c1-19(2,3)15-6-5-13(11-24)14(9-15)10-22-23(4)18-16(12-25)17(20)7-8-21-18/h5-12H,1-4H3/b22-10-. The lowest BCUT2D eigenvalue weighted by Crippen LogP contribution is -2.15. The van der Waals surface area contributed by atoms with Crippen LogP contribution >= 0.6 is 22.6 Å². The van der Waals surface area contributed by atoms with E-state index in [1.54, 1.807) is 31.6 Å². The van der Waals surface area contributed by atoms with Gasteiger partial charge in [-0.25, -0.2) is 4.98 Å². The van der Waals surface area contributed by atoms with Crippen LogP contribution in [0.2, 0.25) is 0 Å². The quantitative estimate of drug-likeness (QED) is 0.299. The molecule has 0 unspecified atom stereocenters. The third-order valence-corrected chi connectivity index (χ3v) is 4.73. The van der Waals surface area contributed by atoms with E-state index in [2.05, 4.69) is 53.4 Å². The maximum Gasteiger partial charge on any atom is 0.160 e. The Morgan fingerprint density at radius 1 is 1.12 bits per heavy atom. The summed E-state index contributed by atoms with van der Waals surface area (Å²) in [6.45, 7) is 6.34. The monoisotopic (exact) mass is 449 g/mol. The summed E-state index contributed by atoms with van der Waals surface area (Å²) in [4.78, 5) is 26.9. The van der Waals surface area contributed by atoms with Gasteiger partial charge >= 0.3 is 0 Å². The largest absolute Gasteiger partial charge is 0.298 e. The van der Waals surface area contributed by atoms with Gasteiger partial charge in [0.2, 0.25) is 0 Å². The molecule has 0 N–H and O–H groups in total. The molecule has 0 aliphatic heterocycles. The summed E-state index contributed by atoms with van der Waals surface area (Å²) in [6.07, 6.45) is 4.84. The summed E-state index contributed by atoms with van der Waals surface area (Å²) >= 11 is 2.09. The number of anilines is 1. The summed E-state index contributed by atoms with van der Waals surface area (Å²) in [7, 11) is 1.72. The van der Waals surface area contributed by atoms with Crippen LogP contribution in [0.25, 0.3) is 0 Å². The zero-order valence-corrected chi connectivity index (χ0v) is 16.8. The van der Waals surface area contributed by atoms with Crippen molar-refractivity contribution in [3.8, 4) is 0 Å². The van der Waals surface area contributed by atoms with Gasteiger partial charge in [0.25, 0.3) is 0 Å². The van der Waals surface area contributed by atoms with E-state index >= 15 is 0 Å². The average molecular weight is 449 g/mol. The highest BCUT2D eigenvalue weighted by molar-refractivity contribution is 14.1. The molecule has 0 spiro atoms. The zero-order chi connectivity index (χ0) is 18.6. The Morgan fingerprint density at radius 3 is 2.44 bits per heavy atom. The van der Waals surface area contributed by atoms with Crippen molar-refractivity contribution < 1.29 is 9.59 Å². The van der Waals surface area contributed by atoms with Gasteiger partial charge < -0.3 is 0 Å². The summed E-state index contributed by atoms with van der Waals surface area (Å²) in [5, 5.41) is 5.90. The minimum absolute atomic E-state index is 0.0301. The number of hydrogen-bond acceptors (Lipinski definition) is 5. The molecule has 0 amide bonds. The van der Waals surface area contributed by atoms with Crippen molar-refractivity contribution in [1.82, 2.24) is 4.98 Å². The van der Waals surface area contributed by atoms with E-state index in [4.69, 9.17) is 0 Å². The van der Waals surface area contributed by atoms with Gasteiger partial charge in [-0.15, -0.1) is 0 Å². The van der Waals surface area contributed by atoms with E-state index in [0.717, 1.165) is 27.3 Å². The Kier molecular flexibility index (Phi) is 6.05. The summed E-state index contributed by atoms with van der Waals surface area (Å²) in [5.41, 5.74) is 2.87. The van der Waals surface area contributed by atoms with Crippen molar-refractivity contribution in [1.29, 1.82) is 0 Å². The molecule has 2 aromatic rings. The number of aldehydes is 2. The molecule has 5 nitrogen and oxygen atoms in total. The predicted octanol–water partition coefficient (Wildman–Crippen LogP) is 4.08. The first-order valence-corrected chi connectivity index (χ1v) is 8.83. The van der Waals surface area contributed by atoms with Gasteiger partial charge in [-0.3, -0.25) is 14.6 Å². The number of hydrazone groups is 1. The van der Waals surface area contributed by atoms with Crippen LogP contribution < -0.4 is 5.01 Å². The zero-order valence-electron chi connectivity index (χ0n) is 14.7. The van der Waals surface area contributed by atoms with Crippen molar-refractivity contribution in [3.05, 3.63) is 56.3 Å². The Bertz CT molecular complexity index is 826. The number of aromatic nitrogens is 1. The molecule has 25 heavy (non-hydrogen) atoms. The Hall–Kier alpha value is -2.09. The number of hydrogen-bond donors (Lipinski definition) is 0. The van der Waals surface area contributed by atoms with Crippen molar-refractivity contribution in [2.24, 2.45) is 5.10 Å². The van der Waals surface area contributed by atoms with Crippen LogP contribution in [0.3, 0.4) is 0 Å². The SMILES string of the molecule is CN(/N=C\c1cc(C(C)(C)C)ccc1C=O)c1nccc(I)c1C=O. The highest BCUT2D eigenvalue weighted by atomic mass is 127. The molecular weight excluding hydrogens is 429 g/mol.